The van der Waals surface area contributed by atoms with Crippen molar-refractivity contribution in [2.45, 2.75) is 39.0 Å². The summed E-state index contributed by atoms with van der Waals surface area (Å²) >= 11 is 0. The molecule has 1 aromatic heterocycles. The molecule has 128 valence electrons. The van der Waals surface area contributed by atoms with Crippen molar-refractivity contribution in [2.75, 3.05) is 19.8 Å². The Morgan fingerprint density at radius 1 is 1.32 bits per heavy atom. The lowest BCUT2D eigenvalue weighted by Crippen LogP contribution is -2.47. The van der Waals surface area contributed by atoms with E-state index in [1.54, 1.807) is 20.9 Å². The van der Waals surface area contributed by atoms with E-state index >= 15 is 0 Å². The largest absolute Gasteiger partial charge is 0.444 e. The molecule has 9 heteroatoms. The van der Waals surface area contributed by atoms with Crippen molar-refractivity contribution in [1.82, 2.24) is 15.6 Å². The molecular weight excluding hydrogens is 419 g/mol. The summed E-state index contributed by atoms with van der Waals surface area (Å²) < 4.78 is 27.9. The quantitative estimate of drug-likeness (QED) is 0.405. The lowest BCUT2D eigenvalue weighted by Gasteiger charge is -2.23. The van der Waals surface area contributed by atoms with Crippen molar-refractivity contribution >= 4 is 39.8 Å². The molecule has 0 radical (unpaired) electrons. The van der Waals surface area contributed by atoms with Gasteiger partial charge in [0.25, 0.3) is 0 Å². The molecule has 7 nitrogen and oxygen atoms in total. The van der Waals surface area contributed by atoms with Gasteiger partial charge in [0, 0.05) is 19.8 Å². The van der Waals surface area contributed by atoms with Crippen LogP contribution in [0.15, 0.2) is 9.41 Å². The molecule has 0 bridgehead atoms. The molecular formula is C13H25IN4O3S. The van der Waals surface area contributed by atoms with Gasteiger partial charge >= 0.3 is 0 Å². The van der Waals surface area contributed by atoms with E-state index in [2.05, 4.69) is 20.6 Å². The molecule has 0 aromatic carbocycles. The van der Waals surface area contributed by atoms with E-state index in [4.69, 9.17) is 4.42 Å². The summed E-state index contributed by atoms with van der Waals surface area (Å²) in [6.45, 7) is 7.72. The molecule has 0 aliphatic rings. The molecule has 0 aliphatic heterocycles. The van der Waals surface area contributed by atoms with Gasteiger partial charge < -0.3 is 15.1 Å². The van der Waals surface area contributed by atoms with Crippen LogP contribution in [0.4, 0.5) is 0 Å². The Balaban J connectivity index is 0.00000441. The number of sulfone groups is 1. The number of aromatic nitrogens is 1. The van der Waals surface area contributed by atoms with Crippen LogP contribution in [0.25, 0.3) is 0 Å². The van der Waals surface area contributed by atoms with Crippen molar-refractivity contribution < 1.29 is 12.8 Å². The Hall–Kier alpha value is -0.840. The Morgan fingerprint density at radius 2 is 1.91 bits per heavy atom. The normalized spacial score (nSPS) is 12.7. The number of nitrogens with one attached hydrogen (secondary N) is 2. The van der Waals surface area contributed by atoms with Crippen LogP contribution in [0.2, 0.25) is 0 Å². The van der Waals surface area contributed by atoms with E-state index in [1.807, 2.05) is 13.8 Å². The Labute approximate surface area is 149 Å². The Bertz CT molecular complexity index is 604. The molecule has 0 unspecified atom stereocenters. The maximum absolute atomic E-state index is 11.6. The van der Waals surface area contributed by atoms with E-state index in [0.29, 0.717) is 18.4 Å². The summed E-state index contributed by atoms with van der Waals surface area (Å²) in [6, 6.07) is 0. The van der Waals surface area contributed by atoms with Gasteiger partial charge in [-0.15, -0.1) is 24.0 Å². The molecule has 1 heterocycles. The van der Waals surface area contributed by atoms with E-state index in [9.17, 15) is 8.42 Å². The molecule has 22 heavy (non-hydrogen) atoms. The van der Waals surface area contributed by atoms with Crippen LogP contribution in [0.1, 0.15) is 31.2 Å². The van der Waals surface area contributed by atoms with Crippen molar-refractivity contribution in [2.24, 2.45) is 4.99 Å². The number of rotatable bonds is 5. The first kappa shape index (κ1) is 21.2. The number of hydrogen-bond donors (Lipinski definition) is 2. The van der Waals surface area contributed by atoms with Gasteiger partial charge in [0.15, 0.2) is 15.8 Å². The minimum atomic E-state index is -3.15. The van der Waals surface area contributed by atoms with Crippen LogP contribution in [-0.4, -0.2) is 44.0 Å². The number of oxazole rings is 1. The van der Waals surface area contributed by atoms with E-state index in [0.717, 1.165) is 11.5 Å². The zero-order valence-corrected chi connectivity index (χ0v) is 17.0. The summed E-state index contributed by atoms with van der Waals surface area (Å²) in [5.41, 5.74) is 0.855. The van der Waals surface area contributed by atoms with Gasteiger partial charge in [0.1, 0.15) is 5.76 Å². The zero-order valence-electron chi connectivity index (χ0n) is 13.8. The number of halogens is 1. The molecule has 0 saturated carbocycles. The lowest BCUT2D eigenvalue weighted by atomic mass is 10.2. The van der Waals surface area contributed by atoms with Crippen molar-refractivity contribution in [1.29, 1.82) is 0 Å². The number of guanidine groups is 1. The highest BCUT2D eigenvalue weighted by atomic mass is 127. The molecule has 0 amide bonds. The van der Waals surface area contributed by atoms with Crippen molar-refractivity contribution in [3.05, 3.63) is 17.3 Å². The second-order valence-electron chi connectivity index (χ2n) is 5.56. The standard InChI is InChI=1S/C13H24N4O3S.HI/c1-9-10(2)20-11(17-9)7-15-12(14-5)16-8-13(3,4)21(6,18)19;/h7-8H2,1-6H3,(H2,14,15,16);1H. The fourth-order valence-electron chi connectivity index (χ4n) is 1.42. The molecule has 1 rings (SSSR count). The molecule has 0 aliphatic carbocycles. The van der Waals surface area contributed by atoms with Crippen LogP contribution in [0, 0.1) is 13.8 Å². The number of nitrogens with zero attached hydrogens (tertiary/aromatic N) is 2. The van der Waals surface area contributed by atoms with Gasteiger partial charge in [-0.1, -0.05) is 0 Å². The smallest absolute Gasteiger partial charge is 0.214 e. The second kappa shape index (κ2) is 8.14. The number of hydrogen-bond acceptors (Lipinski definition) is 5. The third-order valence-corrected chi connectivity index (χ3v) is 5.54. The Morgan fingerprint density at radius 3 is 2.32 bits per heavy atom. The molecule has 0 saturated heterocycles. The topological polar surface area (TPSA) is 96.6 Å². The highest BCUT2D eigenvalue weighted by Gasteiger charge is 2.30. The minimum Gasteiger partial charge on any atom is -0.444 e. The van der Waals surface area contributed by atoms with E-state index in [1.165, 1.54) is 6.26 Å². The van der Waals surface area contributed by atoms with Gasteiger partial charge in [-0.3, -0.25) is 4.99 Å². The lowest BCUT2D eigenvalue weighted by molar-refractivity contribution is 0.463. The number of aryl methyl sites for hydroxylation is 2. The third-order valence-electron chi connectivity index (χ3n) is 3.39. The third kappa shape index (κ3) is 5.75. The van der Waals surface area contributed by atoms with Gasteiger partial charge in [-0.05, 0) is 27.7 Å². The first-order valence-corrected chi connectivity index (χ1v) is 8.53. The minimum absolute atomic E-state index is 0. The van der Waals surface area contributed by atoms with Gasteiger partial charge in [-0.2, -0.15) is 0 Å². The molecule has 1 aromatic rings. The van der Waals surface area contributed by atoms with Crippen LogP contribution in [0.5, 0.6) is 0 Å². The van der Waals surface area contributed by atoms with Crippen LogP contribution in [-0.2, 0) is 16.4 Å². The number of aliphatic imine (C=N–C) groups is 1. The first-order valence-electron chi connectivity index (χ1n) is 6.64. The van der Waals surface area contributed by atoms with Crippen molar-refractivity contribution in [3.63, 3.8) is 0 Å². The zero-order chi connectivity index (χ0) is 16.3. The van der Waals surface area contributed by atoms with Crippen LogP contribution < -0.4 is 10.6 Å². The second-order valence-corrected chi connectivity index (χ2v) is 8.21. The molecule has 0 atom stereocenters. The fourth-order valence-corrected chi connectivity index (χ4v) is 1.76. The highest BCUT2D eigenvalue weighted by molar-refractivity contribution is 14.0. The average Bonchev–Trinajstić information content (AvgIpc) is 2.67. The van der Waals surface area contributed by atoms with E-state index < -0.39 is 14.6 Å². The van der Waals surface area contributed by atoms with E-state index in [-0.39, 0.29) is 30.5 Å². The Kier molecular flexibility index (Phi) is 7.83. The molecule has 0 fully saturated rings. The summed E-state index contributed by atoms with van der Waals surface area (Å²) in [4.78, 5) is 8.30. The van der Waals surface area contributed by atoms with Gasteiger partial charge in [0.2, 0.25) is 5.89 Å². The molecule has 0 spiro atoms. The predicted molar refractivity (Wildman–Crippen MR) is 98.5 cm³/mol. The predicted octanol–water partition coefficient (Wildman–Crippen LogP) is 1.40. The fraction of sp³-hybridized carbons (Fsp3) is 0.692. The van der Waals surface area contributed by atoms with Gasteiger partial charge in [0.05, 0.1) is 17.0 Å². The maximum atomic E-state index is 11.6. The summed E-state index contributed by atoms with van der Waals surface area (Å²) in [7, 11) is -1.53. The maximum Gasteiger partial charge on any atom is 0.214 e. The first-order chi connectivity index (χ1) is 9.56. The van der Waals surface area contributed by atoms with Crippen LogP contribution >= 0.6 is 24.0 Å². The monoisotopic (exact) mass is 444 g/mol. The average molecular weight is 444 g/mol. The van der Waals surface area contributed by atoms with Crippen molar-refractivity contribution in [3.8, 4) is 0 Å². The summed E-state index contributed by atoms with van der Waals surface area (Å²) in [6.07, 6.45) is 1.23. The SMILES string of the molecule is CN=C(NCc1nc(C)c(C)o1)NCC(C)(C)S(C)(=O)=O.I. The molecule has 2 N–H and O–H groups in total. The van der Waals surface area contributed by atoms with Crippen LogP contribution in [0.3, 0.4) is 0 Å². The highest BCUT2D eigenvalue weighted by Crippen LogP contribution is 2.13. The summed E-state index contributed by atoms with van der Waals surface area (Å²) in [5.74, 6) is 1.85. The van der Waals surface area contributed by atoms with Gasteiger partial charge in [-0.25, -0.2) is 13.4 Å². The summed E-state index contributed by atoms with van der Waals surface area (Å²) in [5, 5.41) is 6.04.